The van der Waals surface area contributed by atoms with Gasteiger partial charge in [0.25, 0.3) is 0 Å². The van der Waals surface area contributed by atoms with Gasteiger partial charge < -0.3 is 4.74 Å². The number of hydrazine groups is 1. The fraction of sp³-hybridized carbons (Fsp3) is 0.333. The minimum absolute atomic E-state index is 0.253. The molecule has 1 aromatic rings. The first-order valence-electron chi connectivity index (χ1n) is 3.91. The molecular weight excluding hydrogens is 171 g/mol. The largest absolute Gasteiger partial charge is 0.494 e. The molecule has 0 unspecified atom stereocenters. The van der Waals surface area contributed by atoms with Crippen LogP contribution >= 0.6 is 0 Å². The molecule has 72 valence electrons. The van der Waals surface area contributed by atoms with E-state index in [1.807, 2.05) is 0 Å². The summed E-state index contributed by atoms with van der Waals surface area (Å²) in [5.41, 5.74) is 0.823. The third kappa shape index (κ3) is 2.68. The van der Waals surface area contributed by atoms with Crippen molar-refractivity contribution in [3.63, 3.8) is 0 Å². The van der Waals surface area contributed by atoms with Crippen LogP contribution < -0.4 is 10.6 Å². The lowest BCUT2D eigenvalue weighted by atomic mass is 10.2. The quantitative estimate of drug-likeness (QED) is 0.565. The number of methoxy groups -OCH3 is 1. The first kappa shape index (κ1) is 9.95. The molecule has 0 bridgehead atoms. The van der Waals surface area contributed by atoms with Crippen molar-refractivity contribution in [3.8, 4) is 5.75 Å². The fourth-order valence-corrected chi connectivity index (χ4v) is 1.10. The Labute approximate surface area is 76.9 Å². The molecule has 0 atom stereocenters. The Balaban J connectivity index is 2.83. The van der Waals surface area contributed by atoms with Gasteiger partial charge >= 0.3 is 0 Å². The van der Waals surface area contributed by atoms with Gasteiger partial charge in [-0.3, -0.25) is 5.84 Å². The summed E-state index contributed by atoms with van der Waals surface area (Å²) >= 11 is 0. The maximum atomic E-state index is 13.1. The molecule has 0 fully saturated rings. The maximum absolute atomic E-state index is 13.1. The highest BCUT2D eigenvalue weighted by Gasteiger charge is 2.03. The predicted octanol–water partition coefficient (Wildman–Crippen LogP) is 1.14. The van der Waals surface area contributed by atoms with Crippen LogP contribution in [0, 0.1) is 5.82 Å². The monoisotopic (exact) mass is 184 g/mol. The zero-order valence-electron chi connectivity index (χ0n) is 7.75. The molecule has 0 amide bonds. The van der Waals surface area contributed by atoms with Crippen molar-refractivity contribution >= 4 is 0 Å². The van der Waals surface area contributed by atoms with E-state index in [4.69, 9.17) is 10.6 Å². The molecule has 1 aromatic carbocycles. The topological polar surface area (TPSA) is 38.5 Å². The summed E-state index contributed by atoms with van der Waals surface area (Å²) < 4.78 is 17.9. The van der Waals surface area contributed by atoms with E-state index in [1.54, 1.807) is 19.2 Å². The molecule has 1 rings (SSSR count). The summed E-state index contributed by atoms with van der Waals surface area (Å²) in [5, 5.41) is 1.49. The van der Waals surface area contributed by atoms with E-state index in [0.717, 1.165) is 5.56 Å². The number of benzene rings is 1. The Hall–Kier alpha value is -1.13. The van der Waals surface area contributed by atoms with Crippen molar-refractivity contribution in [2.45, 2.75) is 6.54 Å². The van der Waals surface area contributed by atoms with Crippen molar-refractivity contribution in [2.75, 3.05) is 14.2 Å². The van der Waals surface area contributed by atoms with Gasteiger partial charge in [0.2, 0.25) is 0 Å². The molecule has 3 nitrogen and oxygen atoms in total. The van der Waals surface area contributed by atoms with Gasteiger partial charge in [0.1, 0.15) is 0 Å². The van der Waals surface area contributed by atoms with Gasteiger partial charge in [-0.1, -0.05) is 6.07 Å². The lowest BCUT2D eigenvalue weighted by Crippen LogP contribution is -2.25. The van der Waals surface area contributed by atoms with E-state index >= 15 is 0 Å². The van der Waals surface area contributed by atoms with E-state index in [9.17, 15) is 4.39 Å². The van der Waals surface area contributed by atoms with Gasteiger partial charge in [0.05, 0.1) is 7.11 Å². The molecule has 13 heavy (non-hydrogen) atoms. The maximum Gasteiger partial charge on any atom is 0.165 e. The zero-order valence-corrected chi connectivity index (χ0v) is 7.75. The van der Waals surface area contributed by atoms with Crippen molar-refractivity contribution < 1.29 is 9.13 Å². The summed E-state index contributed by atoms with van der Waals surface area (Å²) in [5.74, 6) is 5.32. The van der Waals surface area contributed by atoms with E-state index in [1.165, 1.54) is 18.2 Å². The van der Waals surface area contributed by atoms with Crippen LogP contribution in [0.5, 0.6) is 5.75 Å². The number of ether oxygens (including phenoxy) is 1. The summed E-state index contributed by atoms with van der Waals surface area (Å²) in [7, 11) is 3.16. The molecule has 0 saturated carbocycles. The molecule has 0 aliphatic rings. The van der Waals surface area contributed by atoms with E-state index in [-0.39, 0.29) is 11.6 Å². The van der Waals surface area contributed by atoms with E-state index < -0.39 is 0 Å². The standard InChI is InChI=1S/C9H13FN2O/c1-12(11)6-7-3-4-9(13-2)8(10)5-7/h3-5H,6,11H2,1-2H3. The van der Waals surface area contributed by atoms with Crippen LogP contribution in [0.2, 0.25) is 0 Å². The van der Waals surface area contributed by atoms with Gasteiger partial charge in [0.15, 0.2) is 11.6 Å². The lowest BCUT2D eigenvalue weighted by Gasteiger charge is -2.10. The smallest absolute Gasteiger partial charge is 0.165 e. The molecular formula is C9H13FN2O. The molecule has 0 heterocycles. The average molecular weight is 184 g/mol. The number of nitrogens with zero attached hydrogens (tertiary/aromatic N) is 1. The number of hydrogen-bond donors (Lipinski definition) is 1. The lowest BCUT2D eigenvalue weighted by molar-refractivity contribution is 0.339. The highest BCUT2D eigenvalue weighted by atomic mass is 19.1. The summed E-state index contributed by atoms with van der Waals surface area (Å²) in [4.78, 5) is 0. The van der Waals surface area contributed by atoms with Crippen LogP contribution in [0.1, 0.15) is 5.56 Å². The van der Waals surface area contributed by atoms with Gasteiger partial charge in [-0.25, -0.2) is 9.40 Å². The Kier molecular flexibility index (Phi) is 3.22. The second kappa shape index (κ2) is 4.20. The number of hydrogen-bond acceptors (Lipinski definition) is 3. The SMILES string of the molecule is COc1ccc(CN(C)N)cc1F. The second-order valence-corrected chi connectivity index (χ2v) is 2.88. The molecule has 0 radical (unpaired) electrons. The highest BCUT2D eigenvalue weighted by Crippen LogP contribution is 2.17. The Morgan fingerprint density at radius 3 is 2.69 bits per heavy atom. The normalized spacial score (nSPS) is 10.5. The van der Waals surface area contributed by atoms with Crippen LogP contribution in [-0.2, 0) is 6.54 Å². The number of rotatable bonds is 3. The van der Waals surface area contributed by atoms with Gasteiger partial charge in [-0.15, -0.1) is 0 Å². The minimum Gasteiger partial charge on any atom is -0.494 e. The molecule has 0 aliphatic carbocycles. The predicted molar refractivity (Wildman–Crippen MR) is 48.6 cm³/mol. The van der Waals surface area contributed by atoms with Gasteiger partial charge in [0, 0.05) is 13.6 Å². The zero-order chi connectivity index (χ0) is 9.84. The summed E-state index contributed by atoms with van der Waals surface area (Å²) in [6.45, 7) is 0.515. The molecule has 0 saturated heterocycles. The number of nitrogens with two attached hydrogens (primary N) is 1. The van der Waals surface area contributed by atoms with Crippen molar-refractivity contribution in [1.82, 2.24) is 5.01 Å². The highest BCUT2D eigenvalue weighted by molar-refractivity contribution is 5.29. The van der Waals surface area contributed by atoms with E-state index in [0.29, 0.717) is 6.54 Å². The molecule has 0 spiro atoms. The average Bonchev–Trinajstić information content (AvgIpc) is 2.03. The second-order valence-electron chi connectivity index (χ2n) is 2.88. The molecule has 0 aliphatic heterocycles. The molecule has 0 aromatic heterocycles. The summed E-state index contributed by atoms with van der Waals surface area (Å²) in [6.07, 6.45) is 0. The Morgan fingerprint density at radius 2 is 2.23 bits per heavy atom. The minimum atomic E-state index is -0.359. The Bertz CT molecular complexity index is 289. The third-order valence-corrected chi connectivity index (χ3v) is 1.65. The van der Waals surface area contributed by atoms with Crippen LogP contribution in [0.15, 0.2) is 18.2 Å². The van der Waals surface area contributed by atoms with E-state index in [2.05, 4.69) is 0 Å². The van der Waals surface area contributed by atoms with Crippen molar-refractivity contribution in [3.05, 3.63) is 29.6 Å². The fourth-order valence-electron chi connectivity index (χ4n) is 1.10. The van der Waals surface area contributed by atoms with Crippen LogP contribution in [0.25, 0.3) is 0 Å². The van der Waals surface area contributed by atoms with Crippen molar-refractivity contribution in [1.29, 1.82) is 0 Å². The first-order valence-corrected chi connectivity index (χ1v) is 3.91. The van der Waals surface area contributed by atoms with Crippen molar-refractivity contribution in [2.24, 2.45) is 5.84 Å². The number of halogens is 1. The van der Waals surface area contributed by atoms with Gasteiger partial charge in [-0.05, 0) is 17.7 Å². The van der Waals surface area contributed by atoms with Crippen LogP contribution in [-0.4, -0.2) is 19.2 Å². The third-order valence-electron chi connectivity index (χ3n) is 1.65. The Morgan fingerprint density at radius 1 is 1.54 bits per heavy atom. The van der Waals surface area contributed by atoms with Gasteiger partial charge in [-0.2, -0.15) is 0 Å². The van der Waals surface area contributed by atoms with Crippen LogP contribution in [0.3, 0.4) is 0 Å². The molecule has 4 heteroatoms. The molecule has 2 N–H and O–H groups in total. The first-order chi connectivity index (χ1) is 6.13. The van der Waals surface area contributed by atoms with Crippen LogP contribution in [0.4, 0.5) is 4.39 Å². The summed E-state index contributed by atoms with van der Waals surface area (Å²) in [6, 6.07) is 4.79.